The summed E-state index contributed by atoms with van der Waals surface area (Å²) in [5, 5.41) is 2.59. The molecule has 0 unspecified atom stereocenters. The molecule has 1 rings (SSSR count). The number of amides is 1. The fourth-order valence-electron chi connectivity index (χ4n) is 1.37. The van der Waals surface area contributed by atoms with Crippen LogP contribution in [0.5, 0.6) is 0 Å². The van der Waals surface area contributed by atoms with Gasteiger partial charge in [-0.25, -0.2) is 4.79 Å². The van der Waals surface area contributed by atoms with E-state index in [0.29, 0.717) is 19.6 Å². The summed E-state index contributed by atoms with van der Waals surface area (Å²) in [5.41, 5.74) is -0.533. The summed E-state index contributed by atoms with van der Waals surface area (Å²) >= 11 is 0. The van der Waals surface area contributed by atoms with Crippen LogP contribution in [0.1, 0.15) is 20.8 Å². The number of alkyl carbamates (subject to hydrolysis) is 1. The molecular formula is C9H17ClN2O4S. The molecule has 0 aromatic heterocycles. The first-order valence-corrected chi connectivity index (χ1v) is 7.51. The molecule has 1 aliphatic heterocycles. The van der Waals surface area contributed by atoms with Gasteiger partial charge in [0.2, 0.25) is 0 Å². The van der Waals surface area contributed by atoms with Crippen molar-refractivity contribution in [2.75, 3.05) is 19.6 Å². The molecule has 0 atom stereocenters. The fourth-order valence-corrected chi connectivity index (χ4v) is 2.49. The standard InChI is InChI=1S/C9H17ClN2O4S/c1-9(2,3)16-8(13)11-4-7-5-12(6-7)17(10,14)15/h7H,4-6H2,1-3H3,(H,11,13). The Labute approximate surface area is 106 Å². The van der Waals surface area contributed by atoms with Gasteiger partial charge in [-0.2, -0.15) is 12.7 Å². The summed E-state index contributed by atoms with van der Waals surface area (Å²) in [5.74, 6) is 0.0936. The second kappa shape index (κ2) is 4.99. The highest BCUT2D eigenvalue weighted by Crippen LogP contribution is 2.21. The lowest BCUT2D eigenvalue weighted by Gasteiger charge is -2.36. The smallest absolute Gasteiger partial charge is 0.407 e. The number of nitrogens with zero attached hydrogens (tertiary/aromatic N) is 1. The highest BCUT2D eigenvalue weighted by atomic mass is 35.7. The lowest BCUT2D eigenvalue weighted by molar-refractivity contribution is 0.0503. The summed E-state index contributed by atoms with van der Waals surface area (Å²) in [7, 11) is 1.53. The average molecular weight is 285 g/mol. The summed E-state index contributed by atoms with van der Waals surface area (Å²) in [6.45, 7) is 6.38. The van der Waals surface area contributed by atoms with Crippen molar-refractivity contribution in [1.82, 2.24) is 9.62 Å². The van der Waals surface area contributed by atoms with Crippen molar-refractivity contribution in [3.63, 3.8) is 0 Å². The maximum Gasteiger partial charge on any atom is 0.407 e. The number of halogens is 1. The zero-order chi connectivity index (χ0) is 13.3. The van der Waals surface area contributed by atoms with E-state index in [0.717, 1.165) is 4.31 Å². The van der Waals surface area contributed by atoms with Gasteiger partial charge in [0.05, 0.1) is 0 Å². The van der Waals surface area contributed by atoms with Gasteiger partial charge in [-0.3, -0.25) is 0 Å². The van der Waals surface area contributed by atoms with E-state index in [9.17, 15) is 13.2 Å². The van der Waals surface area contributed by atoms with Crippen molar-refractivity contribution in [3.8, 4) is 0 Å². The van der Waals surface area contributed by atoms with Gasteiger partial charge in [0.25, 0.3) is 9.24 Å². The summed E-state index contributed by atoms with van der Waals surface area (Å²) in [6.07, 6.45) is -0.496. The molecule has 0 saturated carbocycles. The largest absolute Gasteiger partial charge is 0.444 e. The predicted molar refractivity (Wildman–Crippen MR) is 64.1 cm³/mol. The van der Waals surface area contributed by atoms with E-state index in [-0.39, 0.29) is 5.92 Å². The molecule has 100 valence electrons. The number of rotatable bonds is 3. The molecule has 8 heteroatoms. The quantitative estimate of drug-likeness (QED) is 0.782. The Morgan fingerprint density at radius 2 is 2.00 bits per heavy atom. The van der Waals surface area contributed by atoms with Crippen molar-refractivity contribution < 1.29 is 17.9 Å². The molecule has 1 fully saturated rings. The van der Waals surface area contributed by atoms with Gasteiger partial charge in [0, 0.05) is 36.2 Å². The molecule has 0 aromatic rings. The van der Waals surface area contributed by atoms with Crippen LogP contribution in [0.2, 0.25) is 0 Å². The third kappa shape index (κ3) is 5.10. The van der Waals surface area contributed by atoms with Gasteiger partial charge < -0.3 is 10.1 Å². The number of nitrogens with one attached hydrogen (secondary N) is 1. The normalized spacial score (nSPS) is 18.6. The second-order valence-electron chi connectivity index (χ2n) is 5.01. The second-order valence-corrected chi connectivity index (χ2v) is 7.52. The van der Waals surface area contributed by atoms with E-state index in [4.69, 9.17) is 15.4 Å². The minimum absolute atomic E-state index is 0.0936. The van der Waals surface area contributed by atoms with E-state index in [2.05, 4.69) is 5.32 Å². The first-order valence-electron chi connectivity index (χ1n) is 5.24. The monoisotopic (exact) mass is 284 g/mol. The highest BCUT2D eigenvalue weighted by Gasteiger charge is 2.34. The summed E-state index contributed by atoms with van der Waals surface area (Å²) in [6, 6.07) is 0. The number of carbonyl (C=O) groups is 1. The molecule has 0 aliphatic carbocycles. The maximum absolute atomic E-state index is 11.3. The Balaban J connectivity index is 2.21. The molecule has 1 aliphatic rings. The van der Waals surface area contributed by atoms with Crippen LogP contribution in [0.4, 0.5) is 4.79 Å². The predicted octanol–water partition coefficient (Wildman–Crippen LogP) is 0.927. The van der Waals surface area contributed by atoms with Gasteiger partial charge in [0.15, 0.2) is 0 Å². The Hall–Kier alpha value is -0.530. The van der Waals surface area contributed by atoms with Crippen molar-refractivity contribution in [2.24, 2.45) is 5.92 Å². The van der Waals surface area contributed by atoms with E-state index in [1.54, 1.807) is 20.8 Å². The Kier molecular flexibility index (Phi) is 4.27. The van der Waals surface area contributed by atoms with Gasteiger partial charge in [-0.15, -0.1) is 0 Å². The van der Waals surface area contributed by atoms with Gasteiger partial charge in [-0.05, 0) is 20.8 Å². The van der Waals surface area contributed by atoms with Gasteiger partial charge in [-0.1, -0.05) is 0 Å². The molecule has 1 N–H and O–H groups in total. The first-order chi connectivity index (χ1) is 7.58. The maximum atomic E-state index is 11.3. The third-order valence-electron chi connectivity index (χ3n) is 2.17. The highest BCUT2D eigenvalue weighted by molar-refractivity contribution is 8.11. The van der Waals surface area contributed by atoms with Crippen molar-refractivity contribution in [1.29, 1.82) is 0 Å². The number of hydrogen-bond acceptors (Lipinski definition) is 4. The molecule has 0 radical (unpaired) electrons. The van der Waals surface area contributed by atoms with Crippen LogP contribution < -0.4 is 5.32 Å². The lowest BCUT2D eigenvalue weighted by Crippen LogP contribution is -2.52. The molecule has 17 heavy (non-hydrogen) atoms. The molecule has 0 aromatic carbocycles. The van der Waals surface area contributed by atoms with Crippen LogP contribution in [-0.4, -0.2) is 44.1 Å². The van der Waals surface area contributed by atoms with Crippen molar-refractivity contribution in [2.45, 2.75) is 26.4 Å². The van der Waals surface area contributed by atoms with E-state index in [1.165, 1.54) is 0 Å². The Morgan fingerprint density at radius 1 is 1.47 bits per heavy atom. The number of carbonyl (C=O) groups excluding carboxylic acids is 1. The molecule has 1 heterocycles. The van der Waals surface area contributed by atoms with Crippen molar-refractivity contribution >= 4 is 26.0 Å². The zero-order valence-electron chi connectivity index (χ0n) is 10.1. The van der Waals surface area contributed by atoms with E-state index < -0.39 is 20.9 Å². The molecule has 6 nitrogen and oxygen atoms in total. The first kappa shape index (κ1) is 14.5. The Bertz CT molecular complexity index is 384. The van der Waals surface area contributed by atoms with Gasteiger partial charge >= 0.3 is 6.09 Å². The number of hydrogen-bond donors (Lipinski definition) is 1. The van der Waals surface area contributed by atoms with Crippen LogP contribution in [0.25, 0.3) is 0 Å². The topological polar surface area (TPSA) is 75.7 Å². The lowest BCUT2D eigenvalue weighted by atomic mass is 10.0. The fraction of sp³-hybridized carbons (Fsp3) is 0.889. The van der Waals surface area contributed by atoms with Crippen LogP contribution >= 0.6 is 10.7 Å². The van der Waals surface area contributed by atoms with Crippen molar-refractivity contribution in [3.05, 3.63) is 0 Å². The zero-order valence-corrected chi connectivity index (χ0v) is 11.6. The third-order valence-corrected chi connectivity index (χ3v) is 3.67. The van der Waals surface area contributed by atoms with E-state index in [1.807, 2.05) is 0 Å². The van der Waals surface area contributed by atoms with E-state index >= 15 is 0 Å². The SMILES string of the molecule is CC(C)(C)OC(=O)NCC1CN(S(=O)(=O)Cl)C1. The molecule has 0 bridgehead atoms. The molecule has 1 amide bonds. The van der Waals surface area contributed by atoms with Crippen LogP contribution in [-0.2, 0) is 14.0 Å². The molecule has 1 saturated heterocycles. The summed E-state index contributed by atoms with van der Waals surface area (Å²) in [4.78, 5) is 11.3. The van der Waals surface area contributed by atoms with Crippen LogP contribution in [0.15, 0.2) is 0 Å². The molecule has 0 spiro atoms. The Morgan fingerprint density at radius 3 is 2.41 bits per heavy atom. The van der Waals surface area contributed by atoms with Gasteiger partial charge in [0.1, 0.15) is 5.60 Å². The minimum atomic E-state index is -3.60. The van der Waals surface area contributed by atoms with Crippen LogP contribution in [0.3, 0.4) is 0 Å². The molecular weight excluding hydrogens is 268 g/mol. The average Bonchev–Trinajstić information content (AvgIpc) is 1.93. The number of ether oxygens (including phenoxy) is 1. The van der Waals surface area contributed by atoms with Crippen LogP contribution in [0, 0.1) is 5.92 Å². The summed E-state index contributed by atoms with van der Waals surface area (Å²) < 4.78 is 27.9. The minimum Gasteiger partial charge on any atom is -0.444 e.